The Morgan fingerprint density at radius 2 is 2.32 bits per heavy atom. The lowest BCUT2D eigenvalue weighted by atomic mass is 10.0. The number of nitrogens with one attached hydrogen (secondary N) is 1. The van der Waals surface area contributed by atoms with Crippen LogP contribution in [0.15, 0.2) is 47.5 Å². The number of hydrogen-bond donors (Lipinski definition) is 2. The number of anilines is 1. The Bertz CT molecular complexity index is 1220. The fourth-order valence-corrected chi connectivity index (χ4v) is 5.26. The van der Waals surface area contributed by atoms with E-state index >= 15 is 0 Å². The second-order valence-electron chi connectivity index (χ2n) is 7.24. The average molecular weight is 505 g/mol. The number of rotatable bonds is 9. The van der Waals surface area contributed by atoms with E-state index in [0.29, 0.717) is 11.3 Å². The Morgan fingerprint density at radius 1 is 1.53 bits per heavy atom. The Kier molecular flexibility index (Phi) is 6.65. The summed E-state index contributed by atoms with van der Waals surface area (Å²) in [6.45, 7) is 3.82. The Morgan fingerprint density at radius 3 is 2.94 bits per heavy atom. The third-order valence-electron chi connectivity index (χ3n) is 5.06. The molecule has 4 heterocycles. The highest BCUT2D eigenvalue weighted by Crippen LogP contribution is 2.40. The topological polar surface area (TPSA) is 172 Å². The minimum absolute atomic E-state index is 0.0344. The maximum Gasteiger partial charge on any atom is 0.278 e. The lowest BCUT2D eigenvalue weighted by Gasteiger charge is -2.50. The van der Waals surface area contributed by atoms with Gasteiger partial charge in [0.15, 0.2) is 18.4 Å². The van der Waals surface area contributed by atoms with Crippen molar-refractivity contribution in [1.82, 2.24) is 24.3 Å². The predicted molar refractivity (Wildman–Crippen MR) is 120 cm³/mol. The van der Waals surface area contributed by atoms with Crippen molar-refractivity contribution in [3.05, 3.63) is 48.2 Å². The van der Waals surface area contributed by atoms with Gasteiger partial charge in [-0.1, -0.05) is 17.8 Å². The molecule has 4 rings (SSSR count). The van der Waals surface area contributed by atoms with Crippen molar-refractivity contribution in [2.45, 2.75) is 18.0 Å². The molecule has 2 amide bonds. The molecule has 1 unspecified atom stereocenters. The van der Waals surface area contributed by atoms with Gasteiger partial charge in [-0.25, -0.2) is 0 Å². The number of carboxylic acid groups (broad SMARTS) is 1. The van der Waals surface area contributed by atoms with Crippen LogP contribution < -0.4 is 20.8 Å². The SMILES string of the molecule is C=CCON=C(C(=O)NC1C(=O)N2C(C(=O)[O-])=C(Cn3ccc[n+]3C)CS[C@H]12)c1nsc(N)n1. The summed E-state index contributed by atoms with van der Waals surface area (Å²) in [5.74, 6) is -2.49. The maximum absolute atomic E-state index is 12.9. The highest BCUT2D eigenvalue weighted by molar-refractivity contribution is 8.00. The van der Waals surface area contributed by atoms with Gasteiger partial charge in [-0.15, -0.1) is 16.4 Å². The van der Waals surface area contributed by atoms with E-state index in [2.05, 4.69) is 26.4 Å². The standard InChI is InChI=1S/C19H20N8O5S2/c1-3-7-32-23-11(14-22-19(20)34-24-14)15(28)21-12-16(29)27-13(18(30)31)10(9-33-17(12)27)8-26-6-4-5-25(26)2/h3-6,12,17H,1,7-9H2,2H3,(H3-,20,21,22,24,28,30,31)/t12?,17-/m1/s1. The third kappa shape index (κ3) is 4.38. The molecule has 0 bridgehead atoms. The first-order valence-electron chi connectivity index (χ1n) is 9.92. The zero-order valence-electron chi connectivity index (χ0n) is 17.9. The summed E-state index contributed by atoms with van der Waals surface area (Å²) in [5, 5.41) is 17.8. The lowest BCUT2D eigenvalue weighted by Crippen LogP contribution is -2.71. The monoisotopic (exact) mass is 504 g/mol. The van der Waals surface area contributed by atoms with E-state index in [1.165, 1.54) is 17.8 Å². The first-order valence-corrected chi connectivity index (χ1v) is 11.7. The first-order chi connectivity index (χ1) is 16.3. The molecular weight excluding hydrogens is 484 g/mol. The summed E-state index contributed by atoms with van der Waals surface area (Å²) in [5.41, 5.74) is 5.70. The quantitative estimate of drug-likeness (QED) is 0.0956. The van der Waals surface area contributed by atoms with Gasteiger partial charge < -0.3 is 25.8 Å². The minimum atomic E-state index is -1.45. The van der Waals surface area contributed by atoms with E-state index in [9.17, 15) is 19.5 Å². The molecule has 2 aliphatic rings. The molecule has 0 radical (unpaired) electrons. The van der Waals surface area contributed by atoms with Crippen molar-refractivity contribution in [3.63, 3.8) is 0 Å². The minimum Gasteiger partial charge on any atom is -0.543 e. The lowest BCUT2D eigenvalue weighted by molar-refractivity contribution is -0.752. The maximum atomic E-state index is 12.9. The van der Waals surface area contributed by atoms with Gasteiger partial charge in [-0.2, -0.15) is 14.0 Å². The van der Waals surface area contributed by atoms with Gasteiger partial charge in [0.1, 0.15) is 24.6 Å². The van der Waals surface area contributed by atoms with E-state index in [1.807, 2.05) is 19.3 Å². The zero-order chi connectivity index (χ0) is 24.4. The second kappa shape index (κ2) is 9.64. The molecule has 1 fully saturated rings. The number of oxime groups is 1. The zero-order valence-corrected chi connectivity index (χ0v) is 19.5. The van der Waals surface area contributed by atoms with E-state index < -0.39 is 29.2 Å². The van der Waals surface area contributed by atoms with Gasteiger partial charge in [0.25, 0.3) is 11.8 Å². The van der Waals surface area contributed by atoms with E-state index in [1.54, 1.807) is 15.6 Å². The normalized spacial score (nSPS) is 20.0. The van der Waals surface area contributed by atoms with Gasteiger partial charge in [0.2, 0.25) is 11.5 Å². The summed E-state index contributed by atoms with van der Waals surface area (Å²) in [4.78, 5) is 47.9. The molecule has 15 heteroatoms. The van der Waals surface area contributed by atoms with Crippen molar-refractivity contribution < 1.29 is 29.0 Å². The molecule has 2 aromatic heterocycles. The van der Waals surface area contributed by atoms with Crippen LogP contribution in [0.25, 0.3) is 0 Å². The third-order valence-corrected chi connectivity index (χ3v) is 6.94. The van der Waals surface area contributed by atoms with Gasteiger partial charge in [-0.05, 0) is 5.57 Å². The molecular formula is C19H20N8O5S2. The number of carbonyl (C=O) groups is 3. The van der Waals surface area contributed by atoms with Crippen LogP contribution in [0.1, 0.15) is 5.82 Å². The van der Waals surface area contributed by atoms with Crippen LogP contribution in [0.5, 0.6) is 0 Å². The van der Waals surface area contributed by atoms with Crippen molar-refractivity contribution in [3.8, 4) is 0 Å². The first kappa shape index (κ1) is 23.4. The number of thioether (sulfide) groups is 1. The molecule has 2 atom stereocenters. The largest absolute Gasteiger partial charge is 0.543 e. The number of amides is 2. The number of aliphatic carboxylic acids is 1. The molecule has 178 valence electrons. The number of hydrogen-bond acceptors (Lipinski definition) is 11. The summed E-state index contributed by atoms with van der Waals surface area (Å²) in [6.07, 6.45) is 5.06. The second-order valence-corrected chi connectivity index (χ2v) is 9.13. The van der Waals surface area contributed by atoms with Crippen LogP contribution in [0.2, 0.25) is 0 Å². The smallest absolute Gasteiger partial charge is 0.278 e. The van der Waals surface area contributed by atoms with Crippen LogP contribution in [-0.4, -0.2) is 66.2 Å². The van der Waals surface area contributed by atoms with Crippen LogP contribution in [0.4, 0.5) is 5.13 Å². The number of carbonyl (C=O) groups excluding carboxylic acids is 3. The Balaban J connectivity index is 1.53. The number of nitrogens with two attached hydrogens (primary N) is 1. The van der Waals surface area contributed by atoms with Gasteiger partial charge >= 0.3 is 0 Å². The number of β-lactam (4-membered cyclic amide) rings is 1. The number of aromatic nitrogens is 4. The molecule has 0 aliphatic carbocycles. The molecule has 13 nitrogen and oxygen atoms in total. The molecule has 2 aliphatic heterocycles. The van der Waals surface area contributed by atoms with Gasteiger partial charge in [-0.3, -0.25) is 14.5 Å². The fraction of sp³-hybridized carbons (Fsp3) is 0.316. The average Bonchev–Trinajstić information content (AvgIpc) is 3.42. The summed E-state index contributed by atoms with van der Waals surface area (Å²) in [7, 11) is 1.82. The van der Waals surface area contributed by atoms with E-state index in [0.717, 1.165) is 16.4 Å². The van der Waals surface area contributed by atoms with Crippen molar-refractivity contribution in [2.24, 2.45) is 12.2 Å². The van der Waals surface area contributed by atoms with Gasteiger partial charge in [0, 0.05) is 23.4 Å². The number of nitrogen functional groups attached to an aromatic ring is 1. The van der Waals surface area contributed by atoms with Crippen LogP contribution in [-0.2, 0) is 32.8 Å². The molecule has 0 spiro atoms. The number of carboxylic acids is 1. The molecule has 0 saturated carbocycles. The van der Waals surface area contributed by atoms with Crippen LogP contribution in [0.3, 0.4) is 0 Å². The van der Waals surface area contributed by atoms with Gasteiger partial charge in [0.05, 0.1) is 17.9 Å². The molecule has 0 aromatic carbocycles. The van der Waals surface area contributed by atoms with E-state index in [-0.39, 0.29) is 35.5 Å². The van der Waals surface area contributed by atoms with Crippen molar-refractivity contribution in [1.29, 1.82) is 0 Å². The Hall–Kier alpha value is -3.72. The molecule has 34 heavy (non-hydrogen) atoms. The summed E-state index contributed by atoms with van der Waals surface area (Å²) in [6, 6.07) is 0.845. The van der Waals surface area contributed by atoms with Crippen LogP contribution >= 0.6 is 23.3 Å². The molecule has 3 N–H and O–H groups in total. The molecule has 1 saturated heterocycles. The highest BCUT2D eigenvalue weighted by Gasteiger charge is 2.53. The molecule has 2 aromatic rings. The number of fused-ring (bicyclic) bond motifs is 1. The van der Waals surface area contributed by atoms with Crippen molar-refractivity contribution in [2.75, 3.05) is 18.1 Å². The summed E-state index contributed by atoms with van der Waals surface area (Å²) < 4.78 is 7.57. The predicted octanol–water partition coefficient (Wildman–Crippen LogP) is -2.24. The number of aryl methyl sites for hydroxylation is 1. The van der Waals surface area contributed by atoms with E-state index in [4.69, 9.17) is 10.6 Å². The highest BCUT2D eigenvalue weighted by atomic mass is 32.2. The summed E-state index contributed by atoms with van der Waals surface area (Å²) >= 11 is 2.21. The van der Waals surface area contributed by atoms with Crippen LogP contribution in [0, 0.1) is 0 Å². The Labute approximate surface area is 201 Å². The fourth-order valence-electron chi connectivity index (χ4n) is 3.49. The number of nitrogens with zero attached hydrogens (tertiary/aromatic N) is 6. The van der Waals surface area contributed by atoms with Crippen molar-refractivity contribution >= 4 is 51.9 Å².